The Bertz CT molecular complexity index is 561. The van der Waals surface area contributed by atoms with E-state index >= 15 is 0 Å². The van der Waals surface area contributed by atoms with Gasteiger partial charge in [0.25, 0.3) is 0 Å². The second-order valence-electron chi connectivity index (χ2n) is 4.23. The third-order valence-corrected chi connectivity index (χ3v) is 2.95. The van der Waals surface area contributed by atoms with Gasteiger partial charge in [0, 0.05) is 6.42 Å². The van der Waals surface area contributed by atoms with Crippen LogP contribution >= 0.6 is 0 Å². The van der Waals surface area contributed by atoms with E-state index in [9.17, 15) is 4.79 Å². The molecule has 7 nitrogen and oxygen atoms in total. The lowest BCUT2D eigenvalue weighted by molar-refractivity contribution is -0.138. The van der Waals surface area contributed by atoms with Gasteiger partial charge in [0.15, 0.2) is 5.76 Å². The molecule has 7 heteroatoms. The predicted molar refractivity (Wildman–Crippen MR) is 66.5 cm³/mol. The van der Waals surface area contributed by atoms with Crippen LogP contribution < -0.4 is 0 Å². The van der Waals surface area contributed by atoms with Crippen molar-refractivity contribution in [1.29, 1.82) is 0 Å². The maximum Gasteiger partial charge on any atom is 0.305 e. The first-order chi connectivity index (χ1) is 9.15. The average Bonchev–Trinajstić information content (AvgIpc) is 3.03. The van der Waals surface area contributed by atoms with E-state index in [1.807, 2.05) is 19.9 Å². The molecule has 0 radical (unpaired) electrons. The van der Waals surface area contributed by atoms with E-state index in [0.717, 1.165) is 12.2 Å². The van der Waals surface area contributed by atoms with Gasteiger partial charge >= 0.3 is 5.97 Å². The Labute approximate surface area is 110 Å². The van der Waals surface area contributed by atoms with E-state index in [1.54, 1.807) is 6.07 Å². The molecule has 0 amide bonds. The number of rotatable bonds is 6. The minimum absolute atomic E-state index is 0.0180. The summed E-state index contributed by atoms with van der Waals surface area (Å²) >= 11 is 0. The molecule has 19 heavy (non-hydrogen) atoms. The van der Waals surface area contributed by atoms with Gasteiger partial charge in [0.2, 0.25) is 5.82 Å². The number of aryl methyl sites for hydroxylation is 1. The van der Waals surface area contributed by atoms with Gasteiger partial charge in [-0.05, 0) is 29.0 Å². The van der Waals surface area contributed by atoms with Crippen molar-refractivity contribution in [3.05, 3.63) is 17.9 Å². The highest BCUT2D eigenvalue weighted by Gasteiger charge is 2.21. The lowest BCUT2D eigenvalue weighted by Crippen LogP contribution is -2.15. The van der Waals surface area contributed by atoms with Crippen LogP contribution in [0.3, 0.4) is 0 Å². The molecule has 2 aromatic rings. The Morgan fingerprint density at radius 1 is 1.47 bits per heavy atom. The fourth-order valence-corrected chi connectivity index (χ4v) is 1.90. The molecule has 2 rings (SSSR count). The number of nitrogens with zero attached hydrogens (tertiary/aromatic N) is 4. The van der Waals surface area contributed by atoms with Crippen LogP contribution in [0.2, 0.25) is 0 Å². The fourth-order valence-electron chi connectivity index (χ4n) is 1.90. The first-order valence-corrected chi connectivity index (χ1v) is 6.24. The quantitative estimate of drug-likeness (QED) is 0.856. The first kappa shape index (κ1) is 13.3. The molecule has 0 saturated carbocycles. The minimum Gasteiger partial charge on any atom is -0.481 e. The summed E-state index contributed by atoms with van der Waals surface area (Å²) in [5.41, 5.74) is 0. The molecule has 2 aromatic heterocycles. The topological polar surface area (TPSA) is 94.0 Å². The number of furan rings is 1. The number of carboxylic acids is 1. The van der Waals surface area contributed by atoms with Gasteiger partial charge < -0.3 is 9.52 Å². The van der Waals surface area contributed by atoms with E-state index in [0.29, 0.717) is 18.0 Å². The summed E-state index contributed by atoms with van der Waals surface area (Å²) in [6.45, 7) is 3.89. The van der Waals surface area contributed by atoms with E-state index < -0.39 is 5.97 Å². The van der Waals surface area contributed by atoms with Gasteiger partial charge in [-0.3, -0.25) is 4.79 Å². The van der Waals surface area contributed by atoms with Crippen molar-refractivity contribution in [1.82, 2.24) is 20.2 Å². The van der Waals surface area contributed by atoms with E-state index in [2.05, 4.69) is 15.5 Å². The summed E-state index contributed by atoms with van der Waals surface area (Å²) in [7, 11) is 0. The maximum absolute atomic E-state index is 10.9. The van der Waals surface area contributed by atoms with Crippen LogP contribution in [0.1, 0.15) is 38.5 Å². The van der Waals surface area contributed by atoms with Gasteiger partial charge in [-0.2, -0.15) is 0 Å². The molecule has 0 aliphatic heterocycles. The molecule has 0 aliphatic carbocycles. The highest BCUT2D eigenvalue weighted by molar-refractivity contribution is 5.67. The van der Waals surface area contributed by atoms with Crippen LogP contribution in [0.4, 0.5) is 0 Å². The Balaban J connectivity index is 2.32. The van der Waals surface area contributed by atoms with Crippen LogP contribution in [0.15, 0.2) is 16.5 Å². The second kappa shape index (κ2) is 5.64. The zero-order valence-electron chi connectivity index (χ0n) is 10.9. The SMILES string of the molecule is CCc1ccc(-c2nnnn2C(CC)CC(=O)O)o1. The van der Waals surface area contributed by atoms with E-state index in [4.69, 9.17) is 9.52 Å². The molecule has 0 aromatic carbocycles. The molecule has 102 valence electrons. The second-order valence-corrected chi connectivity index (χ2v) is 4.23. The van der Waals surface area contributed by atoms with E-state index in [-0.39, 0.29) is 12.5 Å². The Hall–Kier alpha value is -2.18. The highest BCUT2D eigenvalue weighted by Crippen LogP contribution is 2.24. The first-order valence-electron chi connectivity index (χ1n) is 6.24. The third kappa shape index (κ3) is 2.81. The van der Waals surface area contributed by atoms with Gasteiger partial charge in [-0.25, -0.2) is 4.68 Å². The van der Waals surface area contributed by atoms with Gasteiger partial charge in [0.1, 0.15) is 5.76 Å². The third-order valence-electron chi connectivity index (χ3n) is 2.95. The molecule has 0 aliphatic rings. The lowest BCUT2D eigenvalue weighted by atomic mass is 10.1. The highest BCUT2D eigenvalue weighted by atomic mass is 16.4. The zero-order valence-corrected chi connectivity index (χ0v) is 10.9. The molecule has 2 heterocycles. The predicted octanol–water partition coefficient (Wildman–Crippen LogP) is 1.92. The Morgan fingerprint density at radius 2 is 2.26 bits per heavy atom. The van der Waals surface area contributed by atoms with Crippen molar-refractivity contribution >= 4 is 5.97 Å². The molecule has 0 bridgehead atoms. The molecule has 1 N–H and O–H groups in total. The van der Waals surface area contributed by atoms with Gasteiger partial charge in [0.05, 0.1) is 12.5 Å². The molecular weight excluding hydrogens is 248 g/mol. The number of tetrazole rings is 1. The van der Waals surface area contributed by atoms with Crippen molar-refractivity contribution in [3.63, 3.8) is 0 Å². The summed E-state index contributed by atoms with van der Waals surface area (Å²) < 4.78 is 7.13. The average molecular weight is 264 g/mol. The number of carboxylic acid groups (broad SMARTS) is 1. The standard InChI is InChI=1S/C12H16N4O3/c1-3-8(7-11(17)18)16-12(13-14-15-16)10-6-5-9(4-2)19-10/h5-6,8H,3-4,7H2,1-2H3,(H,17,18). The van der Waals surface area contributed by atoms with Gasteiger partial charge in [-0.15, -0.1) is 5.10 Å². The van der Waals surface area contributed by atoms with Crippen LogP contribution in [0.5, 0.6) is 0 Å². The minimum atomic E-state index is -0.873. The summed E-state index contributed by atoms with van der Waals surface area (Å²) in [6, 6.07) is 3.39. The molecule has 1 unspecified atom stereocenters. The number of hydrogen-bond acceptors (Lipinski definition) is 5. The summed E-state index contributed by atoms with van der Waals surface area (Å²) in [5.74, 6) is 0.997. The van der Waals surface area contributed by atoms with Crippen LogP contribution in [-0.2, 0) is 11.2 Å². The smallest absolute Gasteiger partial charge is 0.305 e. The lowest BCUT2D eigenvalue weighted by Gasteiger charge is -2.13. The molecule has 0 saturated heterocycles. The molecular formula is C12H16N4O3. The van der Waals surface area contributed by atoms with Crippen molar-refractivity contribution in [2.24, 2.45) is 0 Å². The van der Waals surface area contributed by atoms with Crippen molar-refractivity contribution in [2.75, 3.05) is 0 Å². The Kier molecular flexibility index (Phi) is 3.94. The normalized spacial score (nSPS) is 12.5. The number of aromatic nitrogens is 4. The van der Waals surface area contributed by atoms with Crippen LogP contribution in [-0.4, -0.2) is 31.3 Å². The largest absolute Gasteiger partial charge is 0.481 e. The monoisotopic (exact) mass is 264 g/mol. The van der Waals surface area contributed by atoms with Crippen molar-refractivity contribution in [3.8, 4) is 11.6 Å². The molecule has 1 atom stereocenters. The summed E-state index contributed by atoms with van der Waals surface area (Å²) in [6.07, 6.45) is 1.40. The summed E-state index contributed by atoms with van der Waals surface area (Å²) in [4.78, 5) is 10.9. The molecule has 0 fully saturated rings. The van der Waals surface area contributed by atoms with E-state index in [1.165, 1.54) is 4.68 Å². The van der Waals surface area contributed by atoms with Crippen molar-refractivity contribution < 1.29 is 14.3 Å². The fraction of sp³-hybridized carbons (Fsp3) is 0.500. The summed E-state index contributed by atoms with van der Waals surface area (Å²) in [5, 5.41) is 20.3. The van der Waals surface area contributed by atoms with Gasteiger partial charge in [-0.1, -0.05) is 13.8 Å². The number of hydrogen-bond donors (Lipinski definition) is 1. The van der Waals surface area contributed by atoms with Crippen LogP contribution in [0.25, 0.3) is 11.6 Å². The number of carbonyl (C=O) groups is 1. The Morgan fingerprint density at radius 3 is 2.84 bits per heavy atom. The molecule has 0 spiro atoms. The number of aliphatic carboxylic acids is 1. The maximum atomic E-state index is 10.9. The van der Waals surface area contributed by atoms with Crippen molar-refractivity contribution in [2.45, 2.75) is 39.2 Å². The zero-order chi connectivity index (χ0) is 13.8. The van der Waals surface area contributed by atoms with Crippen LogP contribution in [0, 0.1) is 0 Å².